The third-order valence-electron chi connectivity index (χ3n) is 3.39. The second-order valence-electron chi connectivity index (χ2n) is 5.42. The molecule has 2 amide bonds. The number of nitrogens with zero attached hydrogens (tertiary/aromatic N) is 2. The Morgan fingerprint density at radius 1 is 1.12 bits per heavy atom. The summed E-state index contributed by atoms with van der Waals surface area (Å²) in [5.74, 6) is -0.445. The van der Waals surface area contributed by atoms with Crippen LogP contribution in [0.25, 0.3) is 0 Å². The summed E-state index contributed by atoms with van der Waals surface area (Å²) in [6, 6.07) is 12.4. The van der Waals surface area contributed by atoms with Gasteiger partial charge >= 0.3 is 0 Å². The van der Waals surface area contributed by atoms with Crippen molar-refractivity contribution in [3.05, 3.63) is 69.8 Å². The lowest BCUT2D eigenvalue weighted by atomic mass is 10.1. The lowest BCUT2D eigenvalue weighted by Gasteiger charge is -2.10. The molecule has 2 rings (SSSR count). The Labute approximate surface area is 139 Å². The Bertz CT molecular complexity index is 770. The van der Waals surface area contributed by atoms with Gasteiger partial charge in [-0.15, -0.1) is 0 Å². The molecule has 0 radical (unpaired) electrons. The summed E-state index contributed by atoms with van der Waals surface area (Å²) in [7, 11) is 3.38. The number of non-ortho nitro benzene ring substituents is 1. The number of benzene rings is 2. The van der Waals surface area contributed by atoms with E-state index in [2.05, 4.69) is 5.32 Å². The summed E-state index contributed by atoms with van der Waals surface area (Å²) in [6.45, 7) is 0. The Morgan fingerprint density at radius 2 is 1.79 bits per heavy atom. The highest BCUT2D eigenvalue weighted by atomic mass is 16.6. The smallest absolute Gasteiger partial charge is 0.270 e. The molecule has 0 fully saturated rings. The number of carbonyl (C=O) groups is 2. The standard InChI is InChI=1S/C17H17N3O4/c1-19(2)16(21)10-12-6-8-14(9-7-12)18-17(22)13-4-3-5-15(11-13)20(23)24/h3-9,11H,10H2,1-2H3,(H,18,22). The fraction of sp³-hybridized carbons (Fsp3) is 0.176. The Hall–Kier alpha value is -3.22. The van der Waals surface area contributed by atoms with E-state index >= 15 is 0 Å². The molecule has 0 bridgehead atoms. The molecule has 0 aromatic heterocycles. The first-order chi connectivity index (χ1) is 11.4. The molecule has 2 aromatic carbocycles. The van der Waals surface area contributed by atoms with Crippen LogP contribution in [-0.4, -0.2) is 35.7 Å². The van der Waals surface area contributed by atoms with Gasteiger partial charge in [-0.1, -0.05) is 18.2 Å². The largest absolute Gasteiger partial charge is 0.349 e. The number of carbonyl (C=O) groups excluding carboxylic acids is 2. The van der Waals surface area contributed by atoms with Gasteiger partial charge < -0.3 is 10.2 Å². The summed E-state index contributed by atoms with van der Waals surface area (Å²) in [6.07, 6.45) is 0.284. The number of hydrogen-bond acceptors (Lipinski definition) is 4. The molecule has 0 aliphatic heterocycles. The maximum Gasteiger partial charge on any atom is 0.270 e. The van der Waals surface area contributed by atoms with Crippen molar-refractivity contribution in [3.8, 4) is 0 Å². The number of hydrogen-bond donors (Lipinski definition) is 1. The molecular formula is C17H17N3O4. The first-order valence-corrected chi connectivity index (χ1v) is 7.21. The molecular weight excluding hydrogens is 310 g/mol. The monoisotopic (exact) mass is 327 g/mol. The first-order valence-electron chi connectivity index (χ1n) is 7.21. The topological polar surface area (TPSA) is 92.6 Å². The Kier molecular flexibility index (Phi) is 5.26. The molecule has 7 nitrogen and oxygen atoms in total. The van der Waals surface area contributed by atoms with E-state index in [1.807, 2.05) is 0 Å². The van der Waals surface area contributed by atoms with Crippen LogP contribution in [0.3, 0.4) is 0 Å². The molecule has 0 spiro atoms. The minimum atomic E-state index is -0.548. The van der Waals surface area contributed by atoms with Crippen molar-refractivity contribution < 1.29 is 14.5 Å². The SMILES string of the molecule is CN(C)C(=O)Cc1ccc(NC(=O)c2cccc([N+](=O)[O-])c2)cc1. The lowest BCUT2D eigenvalue weighted by molar-refractivity contribution is -0.384. The van der Waals surface area contributed by atoms with Crippen molar-refractivity contribution in [1.82, 2.24) is 4.90 Å². The van der Waals surface area contributed by atoms with E-state index in [0.29, 0.717) is 5.69 Å². The van der Waals surface area contributed by atoms with Crippen molar-refractivity contribution in [1.29, 1.82) is 0 Å². The van der Waals surface area contributed by atoms with Gasteiger partial charge in [0.05, 0.1) is 11.3 Å². The summed E-state index contributed by atoms with van der Waals surface area (Å²) >= 11 is 0. The van der Waals surface area contributed by atoms with E-state index in [0.717, 1.165) is 5.56 Å². The van der Waals surface area contributed by atoms with Gasteiger partial charge in [-0.25, -0.2) is 0 Å². The molecule has 124 valence electrons. The molecule has 7 heteroatoms. The van der Waals surface area contributed by atoms with Gasteiger partial charge in [0, 0.05) is 37.5 Å². The maximum atomic E-state index is 12.1. The highest BCUT2D eigenvalue weighted by molar-refractivity contribution is 6.04. The van der Waals surface area contributed by atoms with E-state index in [4.69, 9.17) is 0 Å². The van der Waals surface area contributed by atoms with Gasteiger partial charge in [0.1, 0.15) is 0 Å². The van der Waals surface area contributed by atoms with Crippen LogP contribution in [0.2, 0.25) is 0 Å². The number of amides is 2. The van der Waals surface area contributed by atoms with Crippen LogP contribution >= 0.6 is 0 Å². The molecule has 0 aliphatic carbocycles. The molecule has 2 aromatic rings. The van der Waals surface area contributed by atoms with Gasteiger partial charge in [0.15, 0.2) is 0 Å². The molecule has 0 saturated carbocycles. The second-order valence-corrected chi connectivity index (χ2v) is 5.42. The molecule has 0 unspecified atom stereocenters. The van der Waals surface area contributed by atoms with E-state index < -0.39 is 10.8 Å². The van der Waals surface area contributed by atoms with Crippen LogP contribution in [0.15, 0.2) is 48.5 Å². The quantitative estimate of drug-likeness (QED) is 0.674. The summed E-state index contributed by atoms with van der Waals surface area (Å²) in [5, 5.41) is 13.4. The van der Waals surface area contributed by atoms with E-state index in [9.17, 15) is 19.7 Å². The molecule has 0 saturated heterocycles. The van der Waals surface area contributed by atoms with Crippen molar-refractivity contribution in [2.45, 2.75) is 6.42 Å². The van der Waals surface area contributed by atoms with Gasteiger partial charge in [-0.05, 0) is 23.8 Å². The molecule has 1 N–H and O–H groups in total. The number of anilines is 1. The normalized spacial score (nSPS) is 10.1. The van der Waals surface area contributed by atoms with Gasteiger partial charge in [0.25, 0.3) is 11.6 Å². The zero-order valence-electron chi connectivity index (χ0n) is 13.4. The average molecular weight is 327 g/mol. The zero-order valence-corrected chi connectivity index (χ0v) is 13.4. The average Bonchev–Trinajstić information content (AvgIpc) is 2.56. The zero-order chi connectivity index (χ0) is 17.7. The molecule has 0 aliphatic rings. The summed E-state index contributed by atoms with van der Waals surface area (Å²) in [5.41, 5.74) is 1.45. The third-order valence-corrected chi connectivity index (χ3v) is 3.39. The summed E-state index contributed by atoms with van der Waals surface area (Å²) in [4.78, 5) is 35.5. The minimum Gasteiger partial charge on any atom is -0.349 e. The van der Waals surface area contributed by atoms with Crippen molar-refractivity contribution in [2.24, 2.45) is 0 Å². The third kappa shape index (κ3) is 4.39. The highest BCUT2D eigenvalue weighted by Crippen LogP contribution is 2.16. The predicted octanol–water partition coefficient (Wildman–Crippen LogP) is 2.48. The number of rotatable bonds is 5. The maximum absolute atomic E-state index is 12.1. The van der Waals surface area contributed by atoms with Crippen molar-refractivity contribution in [2.75, 3.05) is 19.4 Å². The second kappa shape index (κ2) is 7.36. The van der Waals surface area contributed by atoms with Crippen LogP contribution in [0.5, 0.6) is 0 Å². The number of nitro groups is 1. The van der Waals surface area contributed by atoms with Gasteiger partial charge in [0.2, 0.25) is 5.91 Å². The predicted molar refractivity (Wildman–Crippen MR) is 89.9 cm³/mol. The van der Waals surface area contributed by atoms with Crippen LogP contribution < -0.4 is 5.32 Å². The van der Waals surface area contributed by atoms with Crippen LogP contribution in [0, 0.1) is 10.1 Å². The number of likely N-dealkylation sites (N-methyl/N-ethyl adjacent to an activating group) is 1. The fourth-order valence-corrected chi connectivity index (χ4v) is 2.00. The summed E-state index contributed by atoms with van der Waals surface area (Å²) < 4.78 is 0. The van der Waals surface area contributed by atoms with Gasteiger partial charge in [-0.2, -0.15) is 0 Å². The van der Waals surface area contributed by atoms with Crippen LogP contribution in [-0.2, 0) is 11.2 Å². The van der Waals surface area contributed by atoms with Gasteiger partial charge in [-0.3, -0.25) is 19.7 Å². The fourth-order valence-electron chi connectivity index (χ4n) is 2.00. The molecule has 24 heavy (non-hydrogen) atoms. The van der Waals surface area contributed by atoms with Crippen LogP contribution in [0.4, 0.5) is 11.4 Å². The van der Waals surface area contributed by atoms with E-state index in [1.165, 1.54) is 29.2 Å². The first kappa shape index (κ1) is 17.1. The Balaban J connectivity index is 2.05. The molecule has 0 heterocycles. The van der Waals surface area contributed by atoms with Crippen molar-refractivity contribution in [3.63, 3.8) is 0 Å². The lowest BCUT2D eigenvalue weighted by Crippen LogP contribution is -2.23. The minimum absolute atomic E-state index is 0.0108. The number of nitro benzene ring substituents is 1. The van der Waals surface area contributed by atoms with Crippen LogP contribution in [0.1, 0.15) is 15.9 Å². The highest BCUT2D eigenvalue weighted by Gasteiger charge is 2.12. The number of nitrogens with one attached hydrogen (secondary N) is 1. The van der Waals surface area contributed by atoms with E-state index in [1.54, 1.807) is 38.4 Å². The van der Waals surface area contributed by atoms with E-state index in [-0.39, 0.29) is 23.6 Å². The molecule has 0 atom stereocenters. The Morgan fingerprint density at radius 3 is 2.38 bits per heavy atom. The van der Waals surface area contributed by atoms with Crippen molar-refractivity contribution >= 4 is 23.2 Å².